The Labute approximate surface area is 217 Å². The maximum atomic E-state index is 13.8. The number of amides is 2. The minimum absolute atomic E-state index is 0.0309. The number of carbonyl (C=O) groups is 3. The van der Waals surface area contributed by atoms with Gasteiger partial charge in [-0.15, -0.1) is 0 Å². The Morgan fingerprint density at radius 2 is 1.61 bits per heavy atom. The molecular weight excluding hydrogens is 456 g/mol. The molecule has 2 amide bonds. The summed E-state index contributed by atoms with van der Waals surface area (Å²) in [7, 11) is 3.21. The molecule has 7 heteroatoms. The van der Waals surface area contributed by atoms with Crippen LogP contribution in [-0.4, -0.2) is 61.6 Å². The smallest absolute Gasteiger partial charge is 0.333 e. The monoisotopic (exact) mass is 502 g/mol. The first kappa shape index (κ1) is 31.4. The molecule has 0 bridgehead atoms. The lowest BCUT2D eigenvalue weighted by molar-refractivity contribution is -0.144. The Bertz CT molecular complexity index is 915. The van der Waals surface area contributed by atoms with Gasteiger partial charge in [0.05, 0.1) is 12.6 Å². The molecule has 1 aromatic rings. The maximum absolute atomic E-state index is 13.8. The second-order valence-corrected chi connectivity index (χ2v) is 11.3. The molecular formula is C29H46N2O5. The van der Waals surface area contributed by atoms with Gasteiger partial charge in [-0.1, -0.05) is 84.9 Å². The molecule has 0 saturated carbocycles. The normalized spacial score (nSPS) is 15.2. The lowest BCUT2D eigenvalue weighted by Crippen LogP contribution is -2.59. The van der Waals surface area contributed by atoms with E-state index in [1.807, 2.05) is 78.8 Å². The molecule has 1 aromatic carbocycles. The van der Waals surface area contributed by atoms with Gasteiger partial charge in [-0.05, 0) is 30.7 Å². The third kappa shape index (κ3) is 7.92. The van der Waals surface area contributed by atoms with Crippen LogP contribution in [0.2, 0.25) is 0 Å². The zero-order chi connectivity index (χ0) is 27.8. The molecule has 1 N–H and O–H groups in total. The van der Waals surface area contributed by atoms with Gasteiger partial charge >= 0.3 is 5.97 Å². The summed E-state index contributed by atoms with van der Waals surface area (Å²) in [5.41, 5.74) is 0.201. The largest absolute Gasteiger partial charge is 0.463 e. The van der Waals surface area contributed by atoms with Gasteiger partial charge in [-0.3, -0.25) is 9.59 Å². The Morgan fingerprint density at radius 1 is 1.06 bits per heavy atom. The van der Waals surface area contributed by atoms with Crippen LogP contribution in [0.15, 0.2) is 42.0 Å². The molecule has 3 atom stereocenters. The van der Waals surface area contributed by atoms with Crippen LogP contribution in [0.4, 0.5) is 0 Å². The molecule has 202 valence electrons. The summed E-state index contributed by atoms with van der Waals surface area (Å²) in [6.07, 6.45) is 0.952. The lowest BCUT2D eigenvalue weighted by Gasteiger charge is -2.39. The molecule has 0 radical (unpaired) electrons. The average Bonchev–Trinajstić information content (AvgIpc) is 2.80. The summed E-state index contributed by atoms with van der Waals surface area (Å²) in [4.78, 5) is 41.1. The van der Waals surface area contributed by atoms with Gasteiger partial charge < -0.3 is 19.7 Å². The number of methoxy groups -OCH3 is 1. The van der Waals surface area contributed by atoms with Gasteiger partial charge in [0.1, 0.15) is 12.1 Å². The van der Waals surface area contributed by atoms with Crippen molar-refractivity contribution in [1.82, 2.24) is 10.2 Å². The van der Waals surface area contributed by atoms with Crippen molar-refractivity contribution in [3.8, 4) is 0 Å². The second-order valence-electron chi connectivity index (χ2n) is 11.3. The van der Waals surface area contributed by atoms with E-state index in [0.717, 1.165) is 5.56 Å². The predicted octanol–water partition coefficient (Wildman–Crippen LogP) is 4.50. The van der Waals surface area contributed by atoms with E-state index in [1.165, 1.54) is 7.11 Å². The summed E-state index contributed by atoms with van der Waals surface area (Å²) in [5, 5.41) is 2.99. The van der Waals surface area contributed by atoms with E-state index in [-0.39, 0.29) is 30.4 Å². The molecule has 36 heavy (non-hydrogen) atoms. The highest BCUT2D eigenvalue weighted by atomic mass is 16.5. The third-order valence-corrected chi connectivity index (χ3v) is 6.54. The quantitative estimate of drug-likeness (QED) is 0.356. The van der Waals surface area contributed by atoms with E-state index in [4.69, 9.17) is 9.47 Å². The van der Waals surface area contributed by atoms with Crippen LogP contribution in [0.5, 0.6) is 0 Å². The third-order valence-electron chi connectivity index (χ3n) is 6.54. The molecule has 0 fully saturated rings. The fraction of sp³-hybridized carbons (Fsp3) is 0.621. The van der Waals surface area contributed by atoms with E-state index < -0.39 is 28.9 Å². The lowest BCUT2D eigenvalue weighted by atomic mass is 9.78. The first-order valence-electron chi connectivity index (χ1n) is 12.6. The number of benzene rings is 1. The highest BCUT2D eigenvalue weighted by molar-refractivity contribution is 5.91. The number of ether oxygens (including phenoxy) is 2. The molecule has 0 aliphatic rings. The first-order valence-corrected chi connectivity index (χ1v) is 12.6. The van der Waals surface area contributed by atoms with Gasteiger partial charge in [-0.2, -0.15) is 0 Å². The minimum atomic E-state index is -0.810. The molecule has 7 nitrogen and oxygen atoms in total. The molecule has 0 aliphatic heterocycles. The number of hydrogen-bond acceptors (Lipinski definition) is 5. The number of hydrogen-bond donors (Lipinski definition) is 1. The molecule has 0 spiro atoms. The van der Waals surface area contributed by atoms with E-state index in [1.54, 1.807) is 31.9 Å². The molecule has 0 saturated heterocycles. The van der Waals surface area contributed by atoms with Gasteiger partial charge in [0.15, 0.2) is 0 Å². The zero-order valence-electron chi connectivity index (χ0n) is 24.0. The van der Waals surface area contributed by atoms with Gasteiger partial charge in [0, 0.05) is 25.1 Å². The van der Waals surface area contributed by atoms with Gasteiger partial charge in [0.2, 0.25) is 5.91 Å². The number of nitrogens with zero attached hydrogens (tertiary/aromatic N) is 1. The SMILES string of the molecule is CCOC(=O)/C(C)=C/[C@H](C(C)C)N(C)C(=O)[C@@H](NC(=O)C(OC)C(C)(C)c1ccccc1)C(C)(C)C. The van der Waals surface area contributed by atoms with Crippen molar-refractivity contribution < 1.29 is 23.9 Å². The fourth-order valence-corrected chi connectivity index (χ4v) is 4.29. The Balaban J connectivity index is 3.28. The van der Waals surface area contributed by atoms with E-state index in [2.05, 4.69) is 5.32 Å². The van der Waals surface area contributed by atoms with Gasteiger partial charge in [-0.25, -0.2) is 4.79 Å². The van der Waals surface area contributed by atoms with Gasteiger partial charge in [0.25, 0.3) is 5.91 Å². The summed E-state index contributed by atoms with van der Waals surface area (Å²) >= 11 is 0. The Hall–Kier alpha value is -2.67. The fourth-order valence-electron chi connectivity index (χ4n) is 4.29. The van der Waals surface area contributed by atoms with Crippen molar-refractivity contribution in [2.45, 2.75) is 85.9 Å². The topological polar surface area (TPSA) is 84.9 Å². The van der Waals surface area contributed by atoms with Crippen molar-refractivity contribution >= 4 is 17.8 Å². The van der Waals surface area contributed by atoms with Crippen LogP contribution >= 0.6 is 0 Å². The standard InChI is InChI=1S/C29H46N2O5/c1-12-36-27(34)20(4)18-22(19(2)3)31(10)26(33)23(28(5,6)7)30-25(32)24(35-11)29(8,9)21-16-14-13-15-17-21/h13-19,22-24H,12H2,1-11H3,(H,30,32)/b20-18+/t22-,23-,24?/m1/s1. The van der Waals surface area contributed by atoms with Crippen LogP contribution in [0.3, 0.4) is 0 Å². The summed E-state index contributed by atoms with van der Waals surface area (Å²) in [6.45, 7) is 17.3. The molecule has 0 aliphatic carbocycles. The summed E-state index contributed by atoms with van der Waals surface area (Å²) in [6, 6.07) is 8.54. The van der Waals surface area contributed by atoms with E-state index >= 15 is 0 Å². The van der Waals surface area contributed by atoms with Crippen LogP contribution in [0.1, 0.15) is 67.9 Å². The highest BCUT2D eigenvalue weighted by Crippen LogP contribution is 2.30. The number of nitrogens with one attached hydrogen (secondary N) is 1. The minimum Gasteiger partial charge on any atom is -0.463 e. The summed E-state index contributed by atoms with van der Waals surface area (Å²) in [5.74, 6) is -0.971. The molecule has 0 aromatic heterocycles. The second kappa shape index (κ2) is 13.0. The van der Waals surface area contributed by atoms with E-state index in [9.17, 15) is 14.4 Å². The number of rotatable bonds is 11. The van der Waals surface area contributed by atoms with Crippen molar-refractivity contribution in [3.63, 3.8) is 0 Å². The predicted molar refractivity (Wildman–Crippen MR) is 143 cm³/mol. The van der Waals surface area contributed by atoms with Crippen LogP contribution < -0.4 is 5.32 Å². The van der Waals surface area contributed by atoms with Crippen molar-refractivity contribution in [2.75, 3.05) is 20.8 Å². The first-order chi connectivity index (χ1) is 16.6. The van der Waals surface area contributed by atoms with Crippen LogP contribution in [-0.2, 0) is 29.3 Å². The Kier molecular flexibility index (Phi) is 11.4. The average molecular weight is 503 g/mol. The maximum Gasteiger partial charge on any atom is 0.333 e. The number of likely N-dealkylation sites (N-methyl/N-ethyl adjacent to an activating group) is 1. The molecule has 1 rings (SSSR count). The van der Waals surface area contributed by atoms with Crippen LogP contribution in [0, 0.1) is 11.3 Å². The highest BCUT2D eigenvalue weighted by Gasteiger charge is 2.42. The molecule has 0 heterocycles. The van der Waals surface area contributed by atoms with Crippen molar-refractivity contribution in [2.24, 2.45) is 11.3 Å². The number of esters is 1. The summed E-state index contributed by atoms with van der Waals surface area (Å²) < 4.78 is 10.8. The van der Waals surface area contributed by atoms with Crippen LogP contribution in [0.25, 0.3) is 0 Å². The molecule has 1 unspecified atom stereocenters. The number of carbonyl (C=O) groups excluding carboxylic acids is 3. The zero-order valence-corrected chi connectivity index (χ0v) is 24.0. The van der Waals surface area contributed by atoms with E-state index in [0.29, 0.717) is 5.57 Å². The Morgan fingerprint density at radius 3 is 2.06 bits per heavy atom. The van der Waals surface area contributed by atoms with Crippen molar-refractivity contribution in [1.29, 1.82) is 0 Å². The van der Waals surface area contributed by atoms with Crippen molar-refractivity contribution in [3.05, 3.63) is 47.5 Å².